The molecule has 20 heavy (non-hydrogen) atoms. The van der Waals surface area contributed by atoms with Gasteiger partial charge in [-0.2, -0.15) is 5.10 Å². The first-order valence-corrected chi connectivity index (χ1v) is 6.25. The molecule has 2 heterocycles. The molecule has 1 saturated heterocycles. The van der Waals surface area contributed by atoms with E-state index in [4.69, 9.17) is 4.74 Å². The van der Waals surface area contributed by atoms with Crippen molar-refractivity contribution in [3.05, 3.63) is 18.0 Å². The predicted molar refractivity (Wildman–Crippen MR) is 68.9 cm³/mol. The lowest BCUT2D eigenvalue weighted by Crippen LogP contribution is -2.52. The maximum atomic E-state index is 11.8. The lowest BCUT2D eigenvalue weighted by molar-refractivity contribution is -0.148. The lowest BCUT2D eigenvalue weighted by Gasteiger charge is -2.25. The van der Waals surface area contributed by atoms with E-state index in [1.54, 1.807) is 31.0 Å². The quantitative estimate of drug-likeness (QED) is 0.703. The van der Waals surface area contributed by atoms with E-state index in [-0.39, 0.29) is 13.2 Å². The summed E-state index contributed by atoms with van der Waals surface area (Å²) >= 11 is 0. The van der Waals surface area contributed by atoms with Gasteiger partial charge < -0.3 is 20.5 Å². The third kappa shape index (κ3) is 2.90. The van der Waals surface area contributed by atoms with Gasteiger partial charge in [0.05, 0.1) is 25.5 Å². The minimum absolute atomic E-state index is 0.0931. The summed E-state index contributed by atoms with van der Waals surface area (Å²) in [5, 5.41) is 18.5. The molecule has 8 heteroatoms. The Hall–Kier alpha value is -2.09. The molecule has 1 aliphatic rings. The second-order valence-electron chi connectivity index (χ2n) is 5.14. The fraction of sp³-hybridized carbons (Fsp3) is 0.583. The number of aromatic nitrogens is 2. The fourth-order valence-corrected chi connectivity index (χ4v) is 2.04. The van der Waals surface area contributed by atoms with E-state index in [1.165, 1.54) is 0 Å². The molecular formula is C12H18N4O4. The normalized spacial score (nSPS) is 25.4. The Balaban J connectivity index is 1.86. The number of aliphatic carboxylic acids is 1. The summed E-state index contributed by atoms with van der Waals surface area (Å²) in [5.41, 5.74) is -0.225. The smallest absolute Gasteiger partial charge is 0.315 e. The van der Waals surface area contributed by atoms with Crippen LogP contribution in [0.5, 0.6) is 0 Å². The highest BCUT2D eigenvalue weighted by Gasteiger charge is 2.47. The predicted octanol–water partition coefficient (Wildman–Crippen LogP) is -0.291. The van der Waals surface area contributed by atoms with Crippen molar-refractivity contribution >= 4 is 12.0 Å². The number of nitrogens with zero attached hydrogens (tertiary/aromatic N) is 2. The highest BCUT2D eigenvalue weighted by Crippen LogP contribution is 2.28. The lowest BCUT2D eigenvalue weighted by atomic mass is 9.85. The Morgan fingerprint density at radius 2 is 2.40 bits per heavy atom. The van der Waals surface area contributed by atoms with Crippen molar-refractivity contribution in [1.29, 1.82) is 0 Å². The molecule has 0 aliphatic carbocycles. The molecule has 8 nitrogen and oxygen atoms in total. The van der Waals surface area contributed by atoms with Gasteiger partial charge in [-0.3, -0.25) is 9.48 Å². The molecule has 1 fully saturated rings. The van der Waals surface area contributed by atoms with E-state index in [0.717, 1.165) is 5.56 Å². The molecule has 2 atom stereocenters. The van der Waals surface area contributed by atoms with Crippen LogP contribution in [0.2, 0.25) is 0 Å². The number of hydrogen-bond donors (Lipinski definition) is 3. The Morgan fingerprint density at radius 3 is 3.00 bits per heavy atom. The van der Waals surface area contributed by atoms with Crippen LogP contribution in [0.3, 0.4) is 0 Å². The monoisotopic (exact) mass is 282 g/mol. The van der Waals surface area contributed by atoms with Crippen molar-refractivity contribution < 1.29 is 19.4 Å². The van der Waals surface area contributed by atoms with Crippen LogP contribution in [-0.4, -0.2) is 46.1 Å². The second-order valence-corrected chi connectivity index (χ2v) is 5.14. The SMILES string of the molecule is Cn1cc(CNC(=O)NC2COCC2(C)C(=O)O)cn1. The molecule has 2 amide bonds. The standard InChI is InChI=1S/C12H18N4O4/c1-12(10(17)18)7-20-6-9(12)15-11(19)13-3-8-4-14-16(2)5-8/h4-5,9H,3,6-7H2,1-2H3,(H,17,18)(H2,13,15,19). The molecule has 0 spiro atoms. The van der Waals surface area contributed by atoms with Crippen LogP contribution in [0, 0.1) is 5.41 Å². The van der Waals surface area contributed by atoms with Crippen molar-refractivity contribution in [2.45, 2.75) is 19.5 Å². The summed E-state index contributed by atoms with van der Waals surface area (Å²) in [6.45, 7) is 2.18. The number of ether oxygens (including phenoxy) is 1. The second kappa shape index (κ2) is 5.49. The molecule has 0 aromatic carbocycles. The molecule has 110 valence electrons. The van der Waals surface area contributed by atoms with E-state index in [9.17, 15) is 14.7 Å². The van der Waals surface area contributed by atoms with Crippen molar-refractivity contribution in [1.82, 2.24) is 20.4 Å². The van der Waals surface area contributed by atoms with Gasteiger partial charge in [0.1, 0.15) is 5.41 Å². The molecule has 1 aromatic rings. The van der Waals surface area contributed by atoms with Crippen molar-refractivity contribution in [2.24, 2.45) is 12.5 Å². The zero-order valence-electron chi connectivity index (χ0n) is 11.4. The maximum absolute atomic E-state index is 11.8. The van der Waals surface area contributed by atoms with Crippen molar-refractivity contribution in [3.8, 4) is 0 Å². The van der Waals surface area contributed by atoms with Crippen molar-refractivity contribution in [2.75, 3.05) is 13.2 Å². The summed E-state index contributed by atoms with van der Waals surface area (Å²) in [7, 11) is 1.79. The molecule has 1 aliphatic heterocycles. The van der Waals surface area contributed by atoms with Gasteiger partial charge in [-0.1, -0.05) is 0 Å². The number of urea groups is 1. The topological polar surface area (TPSA) is 105 Å². The number of aryl methyl sites for hydroxylation is 1. The first-order valence-electron chi connectivity index (χ1n) is 6.25. The molecular weight excluding hydrogens is 264 g/mol. The van der Waals surface area contributed by atoms with Gasteiger partial charge in [-0.15, -0.1) is 0 Å². The van der Waals surface area contributed by atoms with E-state index in [0.29, 0.717) is 6.54 Å². The molecule has 1 aromatic heterocycles. The van der Waals surface area contributed by atoms with E-state index in [2.05, 4.69) is 15.7 Å². The first-order chi connectivity index (χ1) is 9.41. The largest absolute Gasteiger partial charge is 0.481 e. The zero-order valence-corrected chi connectivity index (χ0v) is 11.4. The third-order valence-electron chi connectivity index (χ3n) is 3.46. The van der Waals surface area contributed by atoms with Crippen LogP contribution >= 0.6 is 0 Å². The van der Waals surface area contributed by atoms with Gasteiger partial charge >= 0.3 is 12.0 Å². The molecule has 0 bridgehead atoms. The summed E-state index contributed by atoms with van der Waals surface area (Å²) in [4.78, 5) is 23.0. The Bertz CT molecular complexity index is 515. The van der Waals surface area contributed by atoms with E-state index < -0.39 is 23.5 Å². The van der Waals surface area contributed by atoms with Crippen LogP contribution in [-0.2, 0) is 23.1 Å². The van der Waals surface area contributed by atoms with Gasteiger partial charge in [0.2, 0.25) is 0 Å². The minimum Gasteiger partial charge on any atom is -0.481 e. The van der Waals surface area contributed by atoms with Gasteiger partial charge in [0, 0.05) is 25.4 Å². The number of carbonyl (C=O) groups is 2. The molecule has 3 N–H and O–H groups in total. The summed E-state index contributed by atoms with van der Waals surface area (Å²) < 4.78 is 6.80. The van der Waals surface area contributed by atoms with Crippen molar-refractivity contribution in [3.63, 3.8) is 0 Å². The number of carbonyl (C=O) groups excluding carboxylic acids is 1. The van der Waals surface area contributed by atoms with Crippen LogP contribution in [0.4, 0.5) is 4.79 Å². The third-order valence-corrected chi connectivity index (χ3v) is 3.46. The number of carboxylic acid groups (broad SMARTS) is 1. The fourth-order valence-electron chi connectivity index (χ4n) is 2.04. The Labute approximate surface area is 116 Å². The van der Waals surface area contributed by atoms with Gasteiger partial charge in [0.25, 0.3) is 0 Å². The summed E-state index contributed by atoms with van der Waals surface area (Å²) in [6.07, 6.45) is 3.45. The van der Waals surface area contributed by atoms with Gasteiger partial charge in [-0.05, 0) is 6.92 Å². The molecule has 2 unspecified atom stereocenters. The Morgan fingerprint density at radius 1 is 1.65 bits per heavy atom. The Kier molecular flexibility index (Phi) is 3.93. The number of amides is 2. The minimum atomic E-state index is -1.09. The van der Waals surface area contributed by atoms with E-state index >= 15 is 0 Å². The van der Waals surface area contributed by atoms with Crippen LogP contribution in [0.25, 0.3) is 0 Å². The molecule has 0 saturated carbocycles. The first kappa shape index (κ1) is 14.3. The highest BCUT2D eigenvalue weighted by molar-refractivity contribution is 5.79. The average molecular weight is 282 g/mol. The summed E-state index contributed by atoms with van der Waals surface area (Å²) in [5.74, 6) is -0.979. The zero-order chi connectivity index (χ0) is 14.8. The van der Waals surface area contributed by atoms with Crippen LogP contribution in [0.15, 0.2) is 12.4 Å². The number of nitrogens with one attached hydrogen (secondary N) is 2. The molecule has 0 radical (unpaired) electrons. The number of carboxylic acids is 1. The number of hydrogen-bond acceptors (Lipinski definition) is 4. The van der Waals surface area contributed by atoms with Crippen LogP contribution < -0.4 is 10.6 Å². The summed E-state index contributed by atoms with van der Waals surface area (Å²) in [6, 6.07) is -0.967. The van der Waals surface area contributed by atoms with Gasteiger partial charge in [-0.25, -0.2) is 4.79 Å². The maximum Gasteiger partial charge on any atom is 0.315 e. The van der Waals surface area contributed by atoms with Crippen LogP contribution in [0.1, 0.15) is 12.5 Å². The molecule has 2 rings (SSSR count). The average Bonchev–Trinajstić information content (AvgIpc) is 2.95. The van der Waals surface area contributed by atoms with Gasteiger partial charge in [0.15, 0.2) is 0 Å². The van der Waals surface area contributed by atoms with E-state index in [1.807, 2.05) is 0 Å². The highest BCUT2D eigenvalue weighted by atomic mass is 16.5. The number of rotatable bonds is 4.